The zero-order valence-electron chi connectivity index (χ0n) is 16.5. The number of carbonyl (C=O) groups excluding carboxylic acids is 1. The molecule has 0 bridgehead atoms. The molecule has 0 unspecified atom stereocenters. The van der Waals surface area contributed by atoms with Crippen molar-refractivity contribution in [3.63, 3.8) is 0 Å². The molecule has 1 heterocycles. The molecule has 152 valence electrons. The van der Waals surface area contributed by atoms with Gasteiger partial charge < -0.3 is 9.72 Å². The van der Waals surface area contributed by atoms with E-state index in [1.54, 1.807) is 12.1 Å². The third-order valence-corrected chi connectivity index (χ3v) is 5.13. The average molecular weight is 402 g/mol. The largest absolute Gasteiger partial charge is 0.458 e. The van der Waals surface area contributed by atoms with E-state index in [0.29, 0.717) is 5.52 Å². The predicted octanol–water partition coefficient (Wildman–Crippen LogP) is 3.56. The summed E-state index contributed by atoms with van der Waals surface area (Å²) in [6.45, 7) is 0.381. The molecule has 4 rings (SSSR count). The minimum absolute atomic E-state index is 0.154. The number of hydrogen-bond donors (Lipinski definition) is 1. The molecule has 0 spiro atoms. The molecule has 0 fully saturated rings. The zero-order valence-corrected chi connectivity index (χ0v) is 16.5. The maximum absolute atomic E-state index is 12.9. The number of benzene rings is 2. The lowest BCUT2D eigenvalue weighted by atomic mass is 10.1. The van der Waals surface area contributed by atoms with Crippen molar-refractivity contribution >= 4 is 16.9 Å². The van der Waals surface area contributed by atoms with E-state index in [4.69, 9.17) is 4.74 Å². The van der Waals surface area contributed by atoms with Crippen molar-refractivity contribution in [3.8, 4) is 0 Å². The number of nitrogens with zero attached hydrogens (tertiary/aromatic N) is 1. The number of fused-ring (bicyclic) bond motifs is 1. The first-order valence-electron chi connectivity index (χ1n) is 9.94. The van der Waals surface area contributed by atoms with Crippen LogP contribution in [0, 0.1) is 0 Å². The van der Waals surface area contributed by atoms with Gasteiger partial charge in [0.25, 0.3) is 5.56 Å². The van der Waals surface area contributed by atoms with E-state index < -0.39 is 17.2 Å². The van der Waals surface area contributed by atoms with E-state index in [9.17, 15) is 14.4 Å². The lowest BCUT2D eigenvalue weighted by molar-refractivity contribution is 0.0537. The quantitative estimate of drug-likeness (QED) is 0.662. The highest BCUT2D eigenvalue weighted by Crippen LogP contribution is 2.15. The molecule has 3 aromatic rings. The molecular formula is C24H22N2O4. The summed E-state index contributed by atoms with van der Waals surface area (Å²) in [4.78, 5) is 40.6. The number of carbonyl (C=O) groups is 1. The van der Waals surface area contributed by atoms with E-state index in [1.807, 2.05) is 42.5 Å². The Morgan fingerprint density at radius 3 is 2.77 bits per heavy atom. The topological polar surface area (TPSA) is 81.2 Å². The van der Waals surface area contributed by atoms with Gasteiger partial charge in [-0.05, 0) is 48.6 Å². The van der Waals surface area contributed by atoms with Crippen LogP contribution in [0.5, 0.6) is 0 Å². The number of aromatic nitrogens is 2. The summed E-state index contributed by atoms with van der Waals surface area (Å²) in [5.41, 5.74) is 1.65. The SMILES string of the molecule is O=C(OCC1=CC=CCCC1)c1ccc2[nH]c(=O)n(Cc3ccccc3)c(=O)c2c1. The Balaban J connectivity index is 1.60. The fraction of sp³-hybridized carbons (Fsp3) is 0.208. The standard InChI is InChI=1S/C24H22N2O4/c27-22-20-14-19(23(28)30-16-18-10-4-1-2-5-11-18)12-13-21(20)25-24(29)26(22)15-17-8-6-3-7-9-17/h1,3-4,6-10,12-14H,2,5,11,15-16H2,(H,25,29). The van der Waals surface area contributed by atoms with Crippen LogP contribution in [0.4, 0.5) is 0 Å². The molecule has 0 saturated carbocycles. The average Bonchev–Trinajstić information content (AvgIpc) is 3.04. The number of aromatic amines is 1. The second-order valence-electron chi connectivity index (χ2n) is 7.29. The van der Waals surface area contributed by atoms with Gasteiger partial charge in [-0.25, -0.2) is 9.59 Å². The first-order chi connectivity index (χ1) is 14.6. The van der Waals surface area contributed by atoms with E-state index in [-0.39, 0.29) is 24.1 Å². The van der Waals surface area contributed by atoms with E-state index in [1.165, 1.54) is 6.07 Å². The second kappa shape index (κ2) is 8.78. The summed E-state index contributed by atoms with van der Waals surface area (Å²) in [5, 5.41) is 0.275. The molecule has 1 aliphatic carbocycles. The molecule has 0 radical (unpaired) electrons. The van der Waals surface area contributed by atoms with Crippen LogP contribution < -0.4 is 11.2 Å². The van der Waals surface area contributed by atoms with Crippen LogP contribution in [0.3, 0.4) is 0 Å². The fourth-order valence-corrected chi connectivity index (χ4v) is 3.48. The minimum atomic E-state index is -0.494. The van der Waals surface area contributed by atoms with Crippen molar-refractivity contribution in [2.24, 2.45) is 0 Å². The van der Waals surface area contributed by atoms with Crippen LogP contribution in [0.1, 0.15) is 35.2 Å². The van der Waals surface area contributed by atoms with Crippen molar-refractivity contribution in [1.82, 2.24) is 9.55 Å². The summed E-state index contributed by atoms with van der Waals surface area (Å²) in [5.74, 6) is -0.494. The monoisotopic (exact) mass is 402 g/mol. The van der Waals surface area contributed by atoms with Crippen molar-refractivity contribution in [1.29, 1.82) is 0 Å². The summed E-state index contributed by atoms with van der Waals surface area (Å²) < 4.78 is 6.57. The first kappa shape index (κ1) is 19.6. The smallest absolute Gasteiger partial charge is 0.338 e. The second-order valence-corrected chi connectivity index (χ2v) is 7.29. The van der Waals surface area contributed by atoms with E-state index >= 15 is 0 Å². The molecule has 0 aliphatic heterocycles. The van der Waals surface area contributed by atoms with Crippen molar-refractivity contribution in [2.75, 3.05) is 6.61 Å². The lowest BCUT2D eigenvalue weighted by Gasteiger charge is -2.09. The van der Waals surface area contributed by atoms with Crippen LogP contribution in [0.15, 0.2) is 81.9 Å². The molecule has 6 nitrogen and oxygen atoms in total. The number of H-pyrrole nitrogens is 1. The fourth-order valence-electron chi connectivity index (χ4n) is 3.48. The summed E-state index contributed by atoms with van der Waals surface area (Å²) >= 11 is 0. The van der Waals surface area contributed by atoms with Crippen LogP contribution in [0.2, 0.25) is 0 Å². The van der Waals surface area contributed by atoms with Crippen molar-refractivity contribution in [3.05, 3.63) is 104 Å². The lowest BCUT2D eigenvalue weighted by Crippen LogP contribution is -2.35. The van der Waals surface area contributed by atoms with Crippen molar-refractivity contribution in [2.45, 2.75) is 25.8 Å². The van der Waals surface area contributed by atoms with Crippen molar-refractivity contribution < 1.29 is 9.53 Å². The summed E-state index contributed by atoms with van der Waals surface area (Å²) in [6.07, 6.45) is 9.00. The molecule has 0 amide bonds. The van der Waals surface area contributed by atoms with E-state index in [2.05, 4.69) is 11.1 Å². The number of esters is 1. The predicted molar refractivity (Wildman–Crippen MR) is 116 cm³/mol. The Bertz CT molecular complexity index is 1250. The first-order valence-corrected chi connectivity index (χ1v) is 9.94. The molecule has 30 heavy (non-hydrogen) atoms. The Hall–Kier alpha value is -3.67. The van der Waals surface area contributed by atoms with Gasteiger partial charge in [0.05, 0.1) is 23.0 Å². The van der Waals surface area contributed by atoms with Gasteiger partial charge in [0.15, 0.2) is 0 Å². The highest BCUT2D eigenvalue weighted by molar-refractivity contribution is 5.94. The molecule has 1 N–H and O–H groups in total. The maximum atomic E-state index is 12.9. The van der Waals surface area contributed by atoms with Gasteiger partial charge in [0.2, 0.25) is 0 Å². The summed E-state index contributed by atoms with van der Waals surface area (Å²) in [6, 6.07) is 13.9. The van der Waals surface area contributed by atoms with Gasteiger partial charge in [-0.15, -0.1) is 0 Å². The van der Waals surface area contributed by atoms with Gasteiger partial charge >= 0.3 is 11.7 Å². The van der Waals surface area contributed by atoms with Gasteiger partial charge in [-0.2, -0.15) is 0 Å². The number of nitrogens with one attached hydrogen (secondary N) is 1. The molecule has 6 heteroatoms. The Morgan fingerprint density at radius 1 is 1.10 bits per heavy atom. The molecule has 0 saturated heterocycles. The Labute approximate surface area is 173 Å². The molecule has 1 aromatic heterocycles. The molecule has 0 atom stereocenters. The highest BCUT2D eigenvalue weighted by atomic mass is 16.5. The number of ether oxygens (including phenoxy) is 1. The van der Waals surface area contributed by atoms with Gasteiger partial charge in [0, 0.05) is 0 Å². The third-order valence-electron chi connectivity index (χ3n) is 5.13. The minimum Gasteiger partial charge on any atom is -0.458 e. The van der Waals surface area contributed by atoms with Gasteiger partial charge in [-0.1, -0.05) is 48.6 Å². The van der Waals surface area contributed by atoms with Gasteiger partial charge in [-0.3, -0.25) is 9.36 Å². The normalized spacial score (nSPS) is 13.7. The molecule has 2 aromatic carbocycles. The van der Waals surface area contributed by atoms with Gasteiger partial charge in [0.1, 0.15) is 6.61 Å². The third kappa shape index (κ3) is 4.33. The number of hydrogen-bond acceptors (Lipinski definition) is 4. The Morgan fingerprint density at radius 2 is 1.93 bits per heavy atom. The van der Waals surface area contributed by atoms with Crippen LogP contribution in [-0.4, -0.2) is 22.1 Å². The highest BCUT2D eigenvalue weighted by Gasteiger charge is 2.14. The Kier molecular flexibility index (Phi) is 5.75. The zero-order chi connectivity index (χ0) is 20.9. The molecular weight excluding hydrogens is 380 g/mol. The number of rotatable bonds is 5. The van der Waals surface area contributed by atoms with Crippen LogP contribution >= 0.6 is 0 Å². The summed E-state index contributed by atoms with van der Waals surface area (Å²) in [7, 11) is 0. The van der Waals surface area contributed by atoms with Crippen LogP contribution in [-0.2, 0) is 11.3 Å². The van der Waals surface area contributed by atoms with E-state index in [0.717, 1.165) is 35.0 Å². The van der Waals surface area contributed by atoms with Crippen LogP contribution in [0.25, 0.3) is 10.9 Å². The molecule has 1 aliphatic rings. The maximum Gasteiger partial charge on any atom is 0.338 e. The number of allylic oxidation sites excluding steroid dienone is 3.